The van der Waals surface area contributed by atoms with Crippen LogP contribution in [-0.2, 0) is 5.54 Å². The zero-order valence-electron chi connectivity index (χ0n) is 29.8. The fourth-order valence-electron chi connectivity index (χ4n) is 10.3. The molecular weight excluding hydrogens is 613 g/mol. The first-order valence-electron chi connectivity index (χ1n) is 18.3. The summed E-state index contributed by atoms with van der Waals surface area (Å²) in [4.78, 5) is 14.3. The SMILES string of the molecule is CCC1(CC)CC(C2c3ccccc3N3c4ncncc4N(C)C23)c2cccc3c4cc(C)ccc4n4c(-c5c(C)cccc5C)c[n+]1c4c23. The molecule has 6 heteroatoms. The van der Waals surface area contributed by atoms with E-state index >= 15 is 0 Å². The van der Waals surface area contributed by atoms with Crippen molar-refractivity contribution in [1.29, 1.82) is 0 Å². The average molecular weight is 656 g/mol. The summed E-state index contributed by atoms with van der Waals surface area (Å²) in [5, 5.41) is 4.06. The van der Waals surface area contributed by atoms with Crippen molar-refractivity contribution in [3.63, 3.8) is 0 Å². The molecule has 0 bridgehead atoms. The number of rotatable bonds is 4. The molecular formula is C44H43N6+. The Balaban J connectivity index is 1.35. The smallest absolute Gasteiger partial charge is 0.295 e. The highest BCUT2D eigenvalue weighted by Gasteiger charge is 2.54. The number of imidazole rings is 1. The second kappa shape index (κ2) is 10.4. The van der Waals surface area contributed by atoms with Crippen molar-refractivity contribution in [2.24, 2.45) is 0 Å². The number of hydrogen-bond donors (Lipinski definition) is 0. The molecule has 10 rings (SSSR count). The molecule has 6 heterocycles. The average Bonchev–Trinajstić information content (AvgIpc) is 3.76. The van der Waals surface area contributed by atoms with Crippen molar-refractivity contribution in [2.75, 3.05) is 16.8 Å². The third kappa shape index (κ3) is 3.66. The number of fused-ring (bicyclic) bond motifs is 8. The number of benzene rings is 4. The van der Waals surface area contributed by atoms with Gasteiger partial charge in [-0.2, -0.15) is 4.40 Å². The molecule has 3 aliphatic rings. The molecule has 3 atom stereocenters. The number of pyridine rings is 1. The van der Waals surface area contributed by atoms with Crippen molar-refractivity contribution in [2.45, 2.75) is 77.4 Å². The van der Waals surface area contributed by atoms with Crippen LogP contribution >= 0.6 is 0 Å². The van der Waals surface area contributed by atoms with Gasteiger partial charge in [0, 0.05) is 35.0 Å². The molecule has 0 radical (unpaired) electrons. The van der Waals surface area contributed by atoms with Crippen LogP contribution in [0.15, 0.2) is 97.6 Å². The minimum atomic E-state index is -0.0960. The zero-order valence-corrected chi connectivity index (χ0v) is 29.8. The van der Waals surface area contributed by atoms with Gasteiger partial charge in [0.2, 0.25) is 0 Å². The first kappa shape index (κ1) is 29.7. The molecule has 3 aliphatic heterocycles. The third-order valence-electron chi connectivity index (χ3n) is 12.8. The Kier molecular flexibility index (Phi) is 6.17. The van der Waals surface area contributed by atoms with Crippen LogP contribution in [0.5, 0.6) is 0 Å². The first-order chi connectivity index (χ1) is 24.4. The molecule has 7 aromatic rings. The molecule has 3 aromatic heterocycles. The van der Waals surface area contributed by atoms with Crippen molar-refractivity contribution < 1.29 is 4.57 Å². The molecule has 4 aromatic carbocycles. The van der Waals surface area contributed by atoms with E-state index in [2.05, 4.69) is 150 Å². The minimum Gasteiger partial charge on any atom is -0.349 e. The van der Waals surface area contributed by atoms with Crippen molar-refractivity contribution in [3.8, 4) is 11.3 Å². The Morgan fingerprint density at radius 1 is 0.840 bits per heavy atom. The normalized spacial score (nSPS) is 20.2. The predicted octanol–water partition coefficient (Wildman–Crippen LogP) is 9.63. The number of para-hydroxylation sites is 1. The number of likely N-dealkylation sites (N-methyl/N-ethyl adjacent to an activating group) is 1. The van der Waals surface area contributed by atoms with Gasteiger partial charge in [0.1, 0.15) is 35.4 Å². The summed E-state index contributed by atoms with van der Waals surface area (Å²) in [6.07, 6.45) is 9.45. The van der Waals surface area contributed by atoms with E-state index in [9.17, 15) is 0 Å². The predicted molar refractivity (Wildman–Crippen MR) is 204 cm³/mol. The molecule has 0 spiro atoms. The quantitative estimate of drug-likeness (QED) is 0.140. The van der Waals surface area contributed by atoms with E-state index in [0.29, 0.717) is 0 Å². The lowest BCUT2D eigenvalue weighted by Gasteiger charge is -2.38. The summed E-state index contributed by atoms with van der Waals surface area (Å²) in [6, 6.07) is 30.0. The van der Waals surface area contributed by atoms with E-state index in [1.807, 2.05) is 6.20 Å². The number of aryl methyl sites for hydroxylation is 3. The van der Waals surface area contributed by atoms with Gasteiger partial charge in [0.05, 0.1) is 11.6 Å². The number of hydrogen-bond acceptors (Lipinski definition) is 4. The van der Waals surface area contributed by atoms with Crippen LogP contribution in [0, 0.1) is 20.8 Å². The van der Waals surface area contributed by atoms with Crippen LogP contribution < -0.4 is 14.4 Å². The van der Waals surface area contributed by atoms with Gasteiger partial charge in [-0.1, -0.05) is 80.1 Å². The highest BCUT2D eigenvalue weighted by molar-refractivity contribution is 6.13. The van der Waals surface area contributed by atoms with E-state index in [4.69, 9.17) is 4.98 Å². The van der Waals surface area contributed by atoms with E-state index < -0.39 is 0 Å². The van der Waals surface area contributed by atoms with Crippen molar-refractivity contribution in [1.82, 2.24) is 14.4 Å². The molecule has 0 aliphatic carbocycles. The van der Waals surface area contributed by atoms with Crippen LogP contribution in [0.3, 0.4) is 0 Å². The summed E-state index contributed by atoms with van der Waals surface area (Å²) in [6.45, 7) is 11.6. The standard InChI is InChI=1S/C44H43N6/c1-7-44(8-2)22-33(40-31-15-9-10-18-34(31)50-41-36(23-45-25-46-41)47(6)42(40)50)30-17-12-16-29-32-21-26(3)19-20-35(32)49-37(24-48(44)43(49)39(29)30)38-27(4)13-11-14-28(38)5/h9-21,23-25,33,40,42H,7-8,22H2,1-6H3/q+1. The van der Waals surface area contributed by atoms with Gasteiger partial charge >= 0.3 is 0 Å². The molecule has 0 saturated heterocycles. The highest BCUT2D eigenvalue weighted by atomic mass is 15.5. The Labute approximate surface area is 293 Å². The molecule has 0 amide bonds. The van der Waals surface area contributed by atoms with E-state index in [0.717, 1.165) is 30.8 Å². The Bertz CT molecular complexity index is 2520. The zero-order chi connectivity index (χ0) is 34.1. The van der Waals surface area contributed by atoms with Crippen LogP contribution in [0.1, 0.15) is 72.8 Å². The van der Waals surface area contributed by atoms with Crippen LogP contribution in [0.2, 0.25) is 0 Å². The van der Waals surface area contributed by atoms with Gasteiger partial charge in [0.15, 0.2) is 11.5 Å². The maximum atomic E-state index is 4.87. The van der Waals surface area contributed by atoms with Crippen LogP contribution in [0.4, 0.5) is 17.2 Å². The fraction of sp³-hybridized carbons (Fsp3) is 0.295. The van der Waals surface area contributed by atoms with Crippen molar-refractivity contribution >= 4 is 44.5 Å². The van der Waals surface area contributed by atoms with Gasteiger partial charge in [-0.15, -0.1) is 0 Å². The van der Waals surface area contributed by atoms with Gasteiger partial charge in [-0.05, 0) is 86.4 Å². The maximum Gasteiger partial charge on any atom is 0.295 e. The lowest BCUT2D eigenvalue weighted by molar-refractivity contribution is -0.743. The second-order valence-corrected chi connectivity index (χ2v) is 15.1. The topological polar surface area (TPSA) is 40.6 Å². The summed E-state index contributed by atoms with van der Waals surface area (Å²) >= 11 is 0. The first-order valence-corrected chi connectivity index (χ1v) is 18.3. The largest absolute Gasteiger partial charge is 0.349 e. The second-order valence-electron chi connectivity index (χ2n) is 15.1. The maximum absolute atomic E-state index is 4.87. The lowest BCUT2D eigenvalue weighted by Crippen LogP contribution is -2.55. The fourth-order valence-corrected chi connectivity index (χ4v) is 10.3. The van der Waals surface area contributed by atoms with Gasteiger partial charge in [-0.25, -0.2) is 14.5 Å². The lowest BCUT2D eigenvalue weighted by atomic mass is 9.72. The molecule has 0 saturated carbocycles. The van der Waals surface area contributed by atoms with Gasteiger partial charge in [-0.3, -0.25) is 0 Å². The summed E-state index contributed by atoms with van der Waals surface area (Å²) in [5.41, 5.74) is 14.3. The minimum absolute atomic E-state index is 0.0960. The molecule has 50 heavy (non-hydrogen) atoms. The summed E-state index contributed by atoms with van der Waals surface area (Å²) in [5.74, 6) is 1.49. The van der Waals surface area contributed by atoms with Gasteiger partial charge < -0.3 is 9.80 Å². The molecule has 248 valence electrons. The Morgan fingerprint density at radius 3 is 2.40 bits per heavy atom. The van der Waals surface area contributed by atoms with Crippen LogP contribution in [-0.4, -0.2) is 27.6 Å². The van der Waals surface area contributed by atoms with E-state index in [1.54, 1.807) is 6.33 Å². The Hall–Kier alpha value is -5.23. The third-order valence-corrected chi connectivity index (χ3v) is 12.8. The van der Waals surface area contributed by atoms with E-state index in [-0.39, 0.29) is 23.5 Å². The van der Waals surface area contributed by atoms with Gasteiger partial charge in [0.25, 0.3) is 5.65 Å². The molecule has 0 fully saturated rings. The Morgan fingerprint density at radius 2 is 1.60 bits per heavy atom. The monoisotopic (exact) mass is 655 g/mol. The van der Waals surface area contributed by atoms with Crippen LogP contribution in [0.25, 0.3) is 38.6 Å². The van der Waals surface area contributed by atoms with Crippen molar-refractivity contribution in [3.05, 3.63) is 125 Å². The number of aromatic nitrogens is 4. The molecule has 6 nitrogen and oxygen atoms in total. The number of anilines is 3. The highest BCUT2D eigenvalue weighted by Crippen LogP contribution is 2.60. The molecule has 3 unspecified atom stereocenters. The number of nitrogens with zero attached hydrogens (tertiary/aromatic N) is 6. The summed E-state index contributed by atoms with van der Waals surface area (Å²) in [7, 11) is 2.24. The van der Waals surface area contributed by atoms with E-state index in [1.165, 1.54) is 72.1 Å². The molecule has 0 N–H and O–H groups in total. The summed E-state index contributed by atoms with van der Waals surface area (Å²) < 4.78 is 5.36.